The van der Waals surface area contributed by atoms with Crippen molar-refractivity contribution in [2.45, 2.75) is 58.7 Å². The smallest absolute Gasteiger partial charge is 0.411 e. The van der Waals surface area contributed by atoms with Crippen molar-refractivity contribution in [3.05, 3.63) is 12.2 Å². The monoisotopic (exact) mass is 378 g/mol. The van der Waals surface area contributed by atoms with Crippen molar-refractivity contribution < 1.29 is 21.9 Å². The van der Waals surface area contributed by atoms with Crippen LogP contribution in [0.25, 0.3) is 0 Å². The molecule has 0 aromatic carbocycles. The highest BCUT2D eigenvalue weighted by molar-refractivity contribution is 6.78. The Labute approximate surface area is 141 Å². The van der Waals surface area contributed by atoms with Crippen LogP contribution in [0, 0.1) is 0 Å². The Morgan fingerprint density at radius 1 is 1.18 bits per heavy atom. The van der Waals surface area contributed by atoms with Gasteiger partial charge in [-0.25, -0.2) is 4.79 Å². The van der Waals surface area contributed by atoms with Crippen molar-refractivity contribution in [2.24, 2.45) is 0 Å². The number of carbonyl (C=O) groups excluding carboxylic acids is 1. The van der Waals surface area contributed by atoms with Gasteiger partial charge in [0.15, 0.2) is 17.4 Å². The van der Waals surface area contributed by atoms with E-state index in [-0.39, 0.29) is 16.0 Å². The summed E-state index contributed by atoms with van der Waals surface area (Å²) in [5.41, 5.74) is 0.434. The van der Waals surface area contributed by atoms with Crippen molar-refractivity contribution >= 4 is 41.9 Å². The summed E-state index contributed by atoms with van der Waals surface area (Å²) in [5, 5.41) is 0. The molecule has 9 heteroatoms. The third kappa shape index (κ3) is 11.5. The second-order valence-corrected chi connectivity index (χ2v) is 18.3. The molecule has 5 nitrogen and oxygen atoms in total. The molecule has 2 radical (unpaired) electrons. The number of rotatable bonds is 11. The van der Waals surface area contributed by atoms with Crippen LogP contribution in [0.15, 0.2) is 12.2 Å². The minimum absolute atomic E-state index is 0.0366. The Morgan fingerprint density at radius 2 is 1.77 bits per heavy atom. The second kappa shape index (κ2) is 9.95. The van der Waals surface area contributed by atoms with Gasteiger partial charge in [0.2, 0.25) is 0 Å². The van der Waals surface area contributed by atoms with E-state index in [1.165, 1.54) is 0 Å². The van der Waals surface area contributed by atoms with Crippen molar-refractivity contribution in [3.63, 3.8) is 0 Å². The average molecular weight is 379 g/mol. The van der Waals surface area contributed by atoms with Gasteiger partial charge in [-0.3, -0.25) is 0 Å². The molecule has 22 heavy (non-hydrogen) atoms. The first kappa shape index (κ1) is 22.0. The second-order valence-electron chi connectivity index (χ2n) is 6.63. The third-order valence-electron chi connectivity index (χ3n) is 2.63. The van der Waals surface area contributed by atoms with Crippen LogP contribution in [0.5, 0.6) is 0 Å². The van der Waals surface area contributed by atoms with E-state index in [4.69, 9.17) is 17.1 Å². The van der Waals surface area contributed by atoms with Crippen molar-refractivity contribution in [1.29, 1.82) is 0 Å². The molecule has 0 aliphatic rings. The van der Waals surface area contributed by atoms with E-state index in [9.17, 15) is 4.79 Å². The molecular weight excluding hydrogens is 348 g/mol. The van der Waals surface area contributed by atoms with E-state index >= 15 is 0 Å². The molecule has 0 bridgehead atoms. The molecule has 128 valence electrons. The van der Waals surface area contributed by atoms with Crippen LogP contribution in [0.2, 0.25) is 45.3 Å². The van der Waals surface area contributed by atoms with Gasteiger partial charge in [0, 0.05) is 5.57 Å². The molecule has 0 fully saturated rings. The van der Waals surface area contributed by atoms with Gasteiger partial charge in [-0.1, -0.05) is 6.58 Å². The van der Waals surface area contributed by atoms with Gasteiger partial charge in [-0.2, -0.15) is 0 Å². The summed E-state index contributed by atoms with van der Waals surface area (Å²) in [7, 11) is -4.87. The van der Waals surface area contributed by atoms with Gasteiger partial charge in [-0.05, 0) is 58.7 Å². The van der Waals surface area contributed by atoms with Gasteiger partial charge in [-0.15, -0.1) is 0 Å². The quantitative estimate of drug-likeness (QED) is 0.239. The topological polar surface area (TPSA) is 54.0 Å². The molecular formula is C13H30O5Si4. The van der Waals surface area contributed by atoms with Crippen LogP contribution in [0.3, 0.4) is 0 Å². The first-order chi connectivity index (χ1) is 9.95. The number of carbonyl (C=O) groups is 1. The summed E-state index contributed by atoms with van der Waals surface area (Å²) >= 11 is 0. The van der Waals surface area contributed by atoms with E-state index in [2.05, 4.69) is 45.9 Å². The highest BCUT2D eigenvalue weighted by Crippen LogP contribution is 2.15. The van der Waals surface area contributed by atoms with Crippen LogP contribution in [0.1, 0.15) is 13.3 Å². The predicted octanol–water partition coefficient (Wildman–Crippen LogP) is 2.97. The minimum atomic E-state index is -2.04. The van der Waals surface area contributed by atoms with Crippen LogP contribution >= 0.6 is 0 Å². The summed E-state index contributed by atoms with van der Waals surface area (Å²) in [6.07, 6.45) is 0.805. The molecule has 0 aliphatic heterocycles. The Hall–Kier alpha value is -0.0425. The third-order valence-corrected chi connectivity index (χ3v) is 13.2. The van der Waals surface area contributed by atoms with E-state index in [0.717, 1.165) is 12.5 Å². The first-order valence-corrected chi connectivity index (χ1v) is 17.1. The van der Waals surface area contributed by atoms with Gasteiger partial charge in [0.1, 0.15) is 0 Å². The first-order valence-electron chi connectivity index (χ1n) is 7.57. The molecule has 0 rings (SSSR count). The Morgan fingerprint density at radius 3 is 2.27 bits per heavy atom. The molecule has 0 spiro atoms. The molecule has 0 aliphatic carbocycles. The summed E-state index contributed by atoms with van der Waals surface area (Å²) in [6.45, 7) is 18.3. The number of hydrogen-bond donors (Lipinski definition) is 0. The summed E-state index contributed by atoms with van der Waals surface area (Å²) in [5.74, 6) is -0.326. The average Bonchev–Trinajstić information content (AvgIpc) is 2.31. The van der Waals surface area contributed by atoms with E-state index in [0.29, 0.717) is 12.2 Å². The largest absolute Gasteiger partial charge is 0.462 e. The Balaban J connectivity index is 3.95. The van der Waals surface area contributed by atoms with E-state index in [1.807, 2.05) is 0 Å². The maximum atomic E-state index is 11.3. The lowest BCUT2D eigenvalue weighted by Gasteiger charge is -2.28. The fourth-order valence-corrected chi connectivity index (χ4v) is 10.5. The molecule has 0 amide bonds. The highest BCUT2D eigenvalue weighted by atomic mass is 28.5. The van der Waals surface area contributed by atoms with Crippen LogP contribution in [-0.4, -0.2) is 48.5 Å². The normalized spacial score (nSPS) is 12.5. The predicted molar refractivity (Wildman–Crippen MR) is 98.0 cm³/mol. The zero-order chi connectivity index (χ0) is 17.4. The van der Waals surface area contributed by atoms with E-state index in [1.54, 1.807) is 6.92 Å². The maximum Gasteiger partial charge on any atom is 0.411 e. The van der Waals surface area contributed by atoms with Gasteiger partial charge in [0.25, 0.3) is 0 Å². The van der Waals surface area contributed by atoms with Crippen molar-refractivity contribution in [3.8, 4) is 0 Å². The molecule has 0 aromatic rings. The summed E-state index contributed by atoms with van der Waals surface area (Å²) in [6, 6.07) is 0.925. The Bertz CT molecular complexity index is 371. The molecule has 0 heterocycles. The van der Waals surface area contributed by atoms with Gasteiger partial charge in [0.05, 0.1) is 6.61 Å². The minimum Gasteiger partial charge on any atom is -0.462 e. The number of esters is 1. The van der Waals surface area contributed by atoms with Gasteiger partial charge < -0.3 is 17.1 Å². The zero-order valence-corrected chi connectivity index (χ0v) is 19.1. The fourth-order valence-electron chi connectivity index (χ4n) is 1.66. The van der Waals surface area contributed by atoms with Crippen LogP contribution < -0.4 is 0 Å². The maximum absolute atomic E-state index is 11.3. The molecule has 0 N–H and O–H groups in total. The lowest BCUT2D eigenvalue weighted by Crippen LogP contribution is -2.43. The molecule has 0 aromatic heterocycles. The molecule has 0 saturated heterocycles. The molecule has 0 atom stereocenters. The molecule has 0 saturated carbocycles. The SMILES string of the molecule is C=C(C)C(=O)OCCC[Si](C)(C)O[Si]O[Si](C)(C)O[SiH](C)C. The highest BCUT2D eigenvalue weighted by Gasteiger charge is 2.29. The lowest BCUT2D eigenvalue weighted by atomic mass is 10.4. The Kier molecular flexibility index (Phi) is 9.94. The van der Waals surface area contributed by atoms with Crippen LogP contribution in [0.4, 0.5) is 0 Å². The lowest BCUT2D eigenvalue weighted by molar-refractivity contribution is -0.138. The summed E-state index contributed by atoms with van der Waals surface area (Å²) in [4.78, 5) is 11.3. The zero-order valence-electron chi connectivity index (χ0n) is 14.9. The summed E-state index contributed by atoms with van der Waals surface area (Å²) < 4.78 is 22.8. The fraction of sp³-hybridized carbons (Fsp3) is 0.769. The van der Waals surface area contributed by atoms with Crippen LogP contribution in [-0.2, 0) is 21.9 Å². The number of ether oxygens (including phenoxy) is 1. The molecule has 0 unspecified atom stereocenters. The van der Waals surface area contributed by atoms with Gasteiger partial charge >= 0.3 is 24.5 Å². The number of hydrogen-bond acceptors (Lipinski definition) is 5. The standard InChI is InChI=1S/C13H30O5Si4/c1-12(2)13(14)15-10-9-11-21(5,6)16-19-17-22(7,8)18-20(3)4/h20H,1,9-11H2,2-8H3. The van der Waals surface area contributed by atoms with Crippen molar-refractivity contribution in [1.82, 2.24) is 0 Å². The van der Waals surface area contributed by atoms with E-state index < -0.39 is 25.9 Å². The van der Waals surface area contributed by atoms with Crippen molar-refractivity contribution in [2.75, 3.05) is 6.61 Å².